The van der Waals surface area contributed by atoms with Gasteiger partial charge in [0.15, 0.2) is 0 Å². The summed E-state index contributed by atoms with van der Waals surface area (Å²) in [5, 5.41) is 8.67. The van der Waals surface area contributed by atoms with E-state index < -0.39 is 0 Å². The number of nitrogens with zero attached hydrogens (tertiary/aromatic N) is 1. The van der Waals surface area contributed by atoms with Crippen LogP contribution in [-0.2, 0) is 0 Å². The van der Waals surface area contributed by atoms with Crippen molar-refractivity contribution in [2.75, 3.05) is 0 Å². The highest BCUT2D eigenvalue weighted by atomic mass is 79.9. The Morgan fingerprint density at radius 2 is 2.00 bits per heavy atom. The number of hydrogen-bond donors (Lipinski definition) is 1. The van der Waals surface area contributed by atoms with Crippen molar-refractivity contribution in [3.8, 4) is 5.75 Å². The van der Waals surface area contributed by atoms with Crippen LogP contribution in [-0.4, -0.2) is 10.1 Å². The minimum atomic E-state index is 0.188. The van der Waals surface area contributed by atoms with Gasteiger partial charge in [-0.15, -0.1) is 0 Å². The first kappa shape index (κ1) is 9.43. The van der Waals surface area contributed by atoms with Crippen molar-refractivity contribution in [3.63, 3.8) is 0 Å². The predicted octanol–water partition coefficient (Wildman–Crippen LogP) is 2.58. The average molecular weight is 204 g/mol. The van der Waals surface area contributed by atoms with Gasteiger partial charge in [-0.2, -0.15) is 0 Å². The molecule has 2 nitrogen and oxygen atoms in total. The Bertz CT molecular complexity index is 152. The number of aromatic hydroxyl groups is 1. The maximum Gasteiger partial charge on any atom is 0.133 e. The van der Waals surface area contributed by atoms with Crippen molar-refractivity contribution < 1.29 is 5.11 Å². The summed E-state index contributed by atoms with van der Waals surface area (Å²) in [5.74, 6) is 0.188. The zero-order valence-corrected chi connectivity index (χ0v) is 7.59. The highest BCUT2D eigenvalue weighted by Gasteiger charge is 1.85. The van der Waals surface area contributed by atoms with Gasteiger partial charge in [-0.3, -0.25) is 0 Å². The molecule has 0 aliphatic rings. The zero-order valence-electron chi connectivity index (χ0n) is 6.00. The predicted molar refractivity (Wildman–Crippen MR) is 44.9 cm³/mol. The molecule has 0 aliphatic carbocycles. The molecule has 0 aliphatic heterocycles. The summed E-state index contributed by atoms with van der Waals surface area (Å²) in [6, 6.07) is 3.24. The molecule has 1 aromatic heterocycles. The maximum atomic E-state index is 8.67. The van der Waals surface area contributed by atoms with E-state index in [1.165, 1.54) is 6.20 Å². The summed E-state index contributed by atoms with van der Waals surface area (Å²) < 4.78 is 0.732. The van der Waals surface area contributed by atoms with Crippen LogP contribution in [0.2, 0.25) is 0 Å². The minimum Gasteiger partial charge on any atom is -0.506 e. The third kappa shape index (κ3) is 3.45. The van der Waals surface area contributed by atoms with Crippen molar-refractivity contribution in [3.05, 3.63) is 22.9 Å². The van der Waals surface area contributed by atoms with Crippen molar-refractivity contribution in [1.29, 1.82) is 0 Å². The van der Waals surface area contributed by atoms with E-state index in [1.807, 2.05) is 13.8 Å². The van der Waals surface area contributed by atoms with Crippen LogP contribution in [0.3, 0.4) is 0 Å². The Kier molecular flexibility index (Phi) is 4.94. The van der Waals surface area contributed by atoms with Gasteiger partial charge in [-0.25, -0.2) is 4.98 Å². The molecule has 1 heterocycles. The highest BCUT2D eigenvalue weighted by Crippen LogP contribution is 2.09. The fourth-order valence-electron chi connectivity index (χ4n) is 0.368. The topological polar surface area (TPSA) is 33.1 Å². The van der Waals surface area contributed by atoms with Gasteiger partial charge in [0.25, 0.3) is 0 Å². The fourth-order valence-corrected chi connectivity index (χ4v) is 0.603. The summed E-state index contributed by atoms with van der Waals surface area (Å²) >= 11 is 3.12. The van der Waals surface area contributed by atoms with Crippen LogP contribution in [0, 0.1) is 0 Å². The molecular formula is C7H10BrNO. The van der Waals surface area contributed by atoms with E-state index >= 15 is 0 Å². The molecule has 0 atom stereocenters. The molecule has 0 aromatic carbocycles. The third-order valence-corrected chi connectivity index (χ3v) is 1.18. The van der Waals surface area contributed by atoms with Crippen LogP contribution < -0.4 is 0 Å². The second-order valence-electron chi connectivity index (χ2n) is 1.34. The molecule has 1 aromatic rings. The van der Waals surface area contributed by atoms with Crippen LogP contribution in [0.5, 0.6) is 5.75 Å². The van der Waals surface area contributed by atoms with Gasteiger partial charge in [-0.1, -0.05) is 13.8 Å². The van der Waals surface area contributed by atoms with Crippen molar-refractivity contribution >= 4 is 15.9 Å². The number of rotatable bonds is 0. The first-order valence-corrected chi connectivity index (χ1v) is 3.89. The number of hydrogen-bond acceptors (Lipinski definition) is 2. The number of aromatic nitrogens is 1. The lowest BCUT2D eigenvalue weighted by Gasteiger charge is -1.87. The van der Waals surface area contributed by atoms with E-state index in [1.54, 1.807) is 12.1 Å². The maximum absolute atomic E-state index is 8.67. The number of halogens is 1. The average Bonchev–Trinajstić information content (AvgIpc) is 2.00. The summed E-state index contributed by atoms with van der Waals surface area (Å²) in [5.41, 5.74) is 0. The SMILES string of the molecule is CC.Oc1ccc(Br)nc1. The Hall–Kier alpha value is -0.570. The second kappa shape index (κ2) is 5.23. The van der Waals surface area contributed by atoms with Crippen molar-refractivity contribution in [1.82, 2.24) is 4.98 Å². The molecule has 0 bridgehead atoms. The lowest BCUT2D eigenvalue weighted by Crippen LogP contribution is -1.70. The lowest BCUT2D eigenvalue weighted by molar-refractivity contribution is 0.472. The molecule has 1 N–H and O–H groups in total. The minimum absolute atomic E-state index is 0.188. The van der Waals surface area contributed by atoms with Gasteiger partial charge in [0.2, 0.25) is 0 Å². The quantitative estimate of drug-likeness (QED) is 0.658. The van der Waals surface area contributed by atoms with Crippen LogP contribution in [0.1, 0.15) is 13.8 Å². The first-order chi connectivity index (χ1) is 4.79. The van der Waals surface area contributed by atoms with Crippen LogP contribution in [0.4, 0.5) is 0 Å². The van der Waals surface area contributed by atoms with E-state index in [2.05, 4.69) is 20.9 Å². The van der Waals surface area contributed by atoms with Gasteiger partial charge in [0.1, 0.15) is 10.4 Å². The molecule has 3 heteroatoms. The van der Waals surface area contributed by atoms with E-state index in [0.29, 0.717) is 0 Å². The normalized spacial score (nSPS) is 7.90. The Morgan fingerprint density at radius 1 is 1.40 bits per heavy atom. The summed E-state index contributed by atoms with van der Waals surface area (Å²) in [6.45, 7) is 4.00. The van der Waals surface area contributed by atoms with E-state index in [4.69, 9.17) is 5.11 Å². The van der Waals surface area contributed by atoms with Crippen LogP contribution >= 0.6 is 15.9 Å². The molecule has 0 spiro atoms. The summed E-state index contributed by atoms with van der Waals surface area (Å²) in [7, 11) is 0. The molecule has 0 amide bonds. The Balaban J connectivity index is 0.000000371. The fraction of sp³-hybridized carbons (Fsp3) is 0.286. The Labute approximate surface area is 69.0 Å². The molecule has 10 heavy (non-hydrogen) atoms. The van der Waals surface area contributed by atoms with Gasteiger partial charge in [0, 0.05) is 0 Å². The second-order valence-corrected chi connectivity index (χ2v) is 2.15. The van der Waals surface area contributed by atoms with Crippen LogP contribution in [0.25, 0.3) is 0 Å². The summed E-state index contributed by atoms with van der Waals surface area (Å²) in [4.78, 5) is 3.75. The zero-order chi connectivity index (χ0) is 7.98. The third-order valence-electron chi connectivity index (χ3n) is 0.712. The standard InChI is InChI=1S/C5H4BrNO.C2H6/c6-5-2-1-4(8)3-7-5;1-2/h1-3,8H;1-2H3. The van der Waals surface area contributed by atoms with Gasteiger partial charge in [-0.05, 0) is 28.1 Å². The monoisotopic (exact) mass is 203 g/mol. The van der Waals surface area contributed by atoms with Crippen LogP contribution in [0.15, 0.2) is 22.9 Å². The molecular weight excluding hydrogens is 194 g/mol. The van der Waals surface area contributed by atoms with Gasteiger partial charge in [0.05, 0.1) is 6.20 Å². The van der Waals surface area contributed by atoms with Gasteiger partial charge >= 0.3 is 0 Å². The molecule has 1 rings (SSSR count). The van der Waals surface area contributed by atoms with E-state index in [0.717, 1.165) is 4.60 Å². The number of pyridine rings is 1. The molecule has 0 unspecified atom stereocenters. The lowest BCUT2D eigenvalue weighted by atomic mass is 10.5. The first-order valence-electron chi connectivity index (χ1n) is 3.09. The van der Waals surface area contributed by atoms with Crippen molar-refractivity contribution in [2.45, 2.75) is 13.8 Å². The Morgan fingerprint density at radius 3 is 2.30 bits per heavy atom. The molecule has 0 saturated carbocycles. The molecule has 0 fully saturated rings. The highest BCUT2D eigenvalue weighted by molar-refractivity contribution is 9.10. The molecule has 0 radical (unpaired) electrons. The molecule has 0 saturated heterocycles. The molecule has 56 valence electrons. The summed E-state index contributed by atoms with van der Waals surface area (Å²) in [6.07, 6.45) is 1.38. The largest absolute Gasteiger partial charge is 0.506 e. The van der Waals surface area contributed by atoms with E-state index in [-0.39, 0.29) is 5.75 Å². The van der Waals surface area contributed by atoms with E-state index in [9.17, 15) is 0 Å². The smallest absolute Gasteiger partial charge is 0.133 e. The van der Waals surface area contributed by atoms with Gasteiger partial charge < -0.3 is 5.11 Å². The van der Waals surface area contributed by atoms with Crippen molar-refractivity contribution in [2.24, 2.45) is 0 Å².